The fourth-order valence-electron chi connectivity index (χ4n) is 1.61. The van der Waals surface area contributed by atoms with Crippen LogP contribution in [0.15, 0.2) is 24.8 Å². The van der Waals surface area contributed by atoms with Crippen molar-refractivity contribution in [2.45, 2.75) is 18.3 Å². The highest BCUT2D eigenvalue weighted by atomic mass is 16.7. The van der Waals surface area contributed by atoms with Crippen molar-refractivity contribution in [2.24, 2.45) is 0 Å². The predicted molar refractivity (Wildman–Crippen MR) is 81.6 cm³/mol. The van der Waals surface area contributed by atoms with E-state index in [9.17, 15) is 4.79 Å². The molecule has 0 saturated carbocycles. The molecule has 0 unspecified atom stereocenters. The molecule has 0 bridgehead atoms. The molecule has 0 aliphatic heterocycles. The Labute approximate surface area is 136 Å². The van der Waals surface area contributed by atoms with Gasteiger partial charge in [-0.15, -0.1) is 6.58 Å². The first-order valence-corrected chi connectivity index (χ1v) is 6.84. The number of carbonyl (C=O) groups is 1. The fraction of sp³-hybridized carbons (Fsp3) is 0.667. The smallest absolute Gasteiger partial charge is 0.330 e. The van der Waals surface area contributed by atoms with Crippen molar-refractivity contribution in [3.8, 4) is 0 Å². The summed E-state index contributed by atoms with van der Waals surface area (Å²) in [5.41, 5.74) is 0. The van der Waals surface area contributed by atoms with Gasteiger partial charge in [0.25, 0.3) is 0 Å². The van der Waals surface area contributed by atoms with Gasteiger partial charge in [-0.1, -0.05) is 6.08 Å². The molecule has 23 heavy (non-hydrogen) atoms. The van der Waals surface area contributed by atoms with Crippen LogP contribution < -0.4 is 0 Å². The Morgan fingerprint density at radius 2 is 1.43 bits per heavy atom. The highest BCUT2D eigenvalue weighted by Gasteiger charge is 2.29. The zero-order chi connectivity index (χ0) is 17.5. The van der Waals surface area contributed by atoms with Crippen molar-refractivity contribution in [3.63, 3.8) is 0 Å². The molecule has 8 heteroatoms. The summed E-state index contributed by atoms with van der Waals surface area (Å²) in [4.78, 5) is 11.3. The van der Waals surface area contributed by atoms with E-state index in [0.717, 1.165) is 0 Å². The maximum absolute atomic E-state index is 11.3. The lowest BCUT2D eigenvalue weighted by molar-refractivity contribution is -0.187. The summed E-state index contributed by atoms with van der Waals surface area (Å²) in [5.74, 6) is -0.519. The monoisotopic (exact) mass is 334 g/mol. The Morgan fingerprint density at radius 3 is 1.91 bits per heavy atom. The van der Waals surface area contributed by atoms with Crippen LogP contribution in [0.5, 0.6) is 0 Å². The second-order valence-corrected chi connectivity index (χ2v) is 4.23. The van der Waals surface area contributed by atoms with E-state index in [2.05, 4.69) is 11.3 Å². The Morgan fingerprint density at radius 1 is 0.913 bits per heavy atom. The van der Waals surface area contributed by atoms with Gasteiger partial charge < -0.3 is 33.2 Å². The van der Waals surface area contributed by atoms with E-state index in [4.69, 9.17) is 28.4 Å². The minimum Gasteiger partial charge on any atom is -0.466 e. The molecule has 0 aromatic rings. The number of methoxy groups -OCH3 is 4. The Hall–Kier alpha value is -1.29. The molecular formula is C15H26O8. The van der Waals surface area contributed by atoms with Gasteiger partial charge in [-0.3, -0.25) is 0 Å². The lowest BCUT2D eigenvalue weighted by atomic mass is 10.1. The normalized spacial score (nSPS) is 15.3. The van der Waals surface area contributed by atoms with Crippen molar-refractivity contribution >= 4 is 5.97 Å². The van der Waals surface area contributed by atoms with Crippen LogP contribution in [-0.2, 0) is 38.0 Å². The second-order valence-electron chi connectivity index (χ2n) is 4.23. The van der Waals surface area contributed by atoms with Crippen LogP contribution in [0.2, 0.25) is 0 Å². The van der Waals surface area contributed by atoms with Gasteiger partial charge >= 0.3 is 5.97 Å². The van der Waals surface area contributed by atoms with E-state index in [0.29, 0.717) is 0 Å². The third kappa shape index (κ3) is 9.44. The first kappa shape index (κ1) is 21.7. The van der Waals surface area contributed by atoms with Gasteiger partial charge in [0.2, 0.25) is 0 Å². The van der Waals surface area contributed by atoms with Crippen molar-refractivity contribution in [1.29, 1.82) is 0 Å². The number of hydrogen-bond acceptors (Lipinski definition) is 8. The fourth-order valence-corrected chi connectivity index (χ4v) is 1.61. The quantitative estimate of drug-likeness (QED) is 0.200. The average Bonchev–Trinajstić information content (AvgIpc) is 2.58. The number of rotatable bonds is 14. The number of ether oxygens (including phenoxy) is 7. The van der Waals surface area contributed by atoms with Crippen LogP contribution in [0.3, 0.4) is 0 Å². The van der Waals surface area contributed by atoms with Gasteiger partial charge in [0.15, 0.2) is 0 Å². The van der Waals surface area contributed by atoms with Crippen LogP contribution in [-0.4, -0.2) is 73.1 Å². The van der Waals surface area contributed by atoms with Crippen LogP contribution >= 0.6 is 0 Å². The van der Waals surface area contributed by atoms with E-state index in [1.54, 1.807) is 6.08 Å². The lowest BCUT2D eigenvalue weighted by Crippen LogP contribution is -2.42. The summed E-state index contributed by atoms with van der Waals surface area (Å²) < 4.78 is 35.9. The third-order valence-corrected chi connectivity index (χ3v) is 2.64. The summed E-state index contributed by atoms with van der Waals surface area (Å²) in [6.45, 7) is 3.76. The van der Waals surface area contributed by atoms with Crippen molar-refractivity contribution in [2.75, 3.05) is 48.8 Å². The highest BCUT2D eigenvalue weighted by molar-refractivity contribution is 5.81. The van der Waals surface area contributed by atoms with Gasteiger partial charge in [0.1, 0.15) is 38.7 Å². The van der Waals surface area contributed by atoms with Crippen molar-refractivity contribution < 1.29 is 38.0 Å². The Balaban J connectivity index is 5.18. The number of carbonyl (C=O) groups excluding carboxylic acids is 1. The molecule has 0 radical (unpaired) electrons. The first-order valence-electron chi connectivity index (χ1n) is 6.84. The molecule has 134 valence electrons. The molecule has 0 amide bonds. The molecule has 0 heterocycles. The van der Waals surface area contributed by atoms with Crippen molar-refractivity contribution in [3.05, 3.63) is 24.8 Å². The Kier molecular flexibility index (Phi) is 13.5. The topological polar surface area (TPSA) is 81.7 Å². The minimum atomic E-state index is -0.663. The molecule has 0 aromatic heterocycles. The van der Waals surface area contributed by atoms with E-state index >= 15 is 0 Å². The molecule has 0 N–H and O–H groups in total. The molecule has 8 nitrogen and oxygen atoms in total. The highest BCUT2D eigenvalue weighted by Crippen LogP contribution is 2.15. The Bertz CT molecular complexity index is 344. The molecule has 0 aliphatic carbocycles. The number of hydrogen-bond donors (Lipinski definition) is 0. The van der Waals surface area contributed by atoms with Crippen LogP contribution in [0.4, 0.5) is 0 Å². The maximum Gasteiger partial charge on any atom is 0.330 e. The zero-order valence-electron chi connectivity index (χ0n) is 14.1. The van der Waals surface area contributed by atoms with Gasteiger partial charge in [-0.05, 0) is 6.08 Å². The summed E-state index contributed by atoms with van der Waals surface area (Å²) in [6, 6.07) is 0. The molecule has 0 aromatic carbocycles. The van der Waals surface area contributed by atoms with Gasteiger partial charge in [0.05, 0.1) is 7.11 Å². The third-order valence-electron chi connectivity index (χ3n) is 2.64. The van der Waals surface area contributed by atoms with E-state index < -0.39 is 24.3 Å². The van der Waals surface area contributed by atoms with Gasteiger partial charge in [0, 0.05) is 27.4 Å². The molecule has 0 aliphatic rings. The zero-order valence-corrected chi connectivity index (χ0v) is 14.1. The summed E-state index contributed by atoms with van der Waals surface area (Å²) in [6.07, 6.45) is 2.42. The van der Waals surface area contributed by atoms with E-state index in [-0.39, 0.29) is 20.4 Å². The molecule has 0 fully saturated rings. The molecule has 0 rings (SSSR count). The van der Waals surface area contributed by atoms with Gasteiger partial charge in [-0.2, -0.15) is 0 Å². The van der Waals surface area contributed by atoms with Crippen molar-refractivity contribution in [1.82, 2.24) is 0 Å². The summed E-state index contributed by atoms with van der Waals surface area (Å²) >= 11 is 0. The standard InChI is InChI=1S/C15H26O8/c1-6-12(21-9-17-2)15(23-11-19-4)13(22-10-18-3)7-8-14(16)20-5/h6-8,12-13,15H,1,9-11H2,2-5H3/b8-7+/t12-,13+,15+/m0/s1. The van der Waals surface area contributed by atoms with Crippen LogP contribution in [0.25, 0.3) is 0 Å². The first-order chi connectivity index (χ1) is 11.1. The largest absolute Gasteiger partial charge is 0.466 e. The lowest BCUT2D eigenvalue weighted by Gasteiger charge is -2.29. The molecule has 0 spiro atoms. The van der Waals surface area contributed by atoms with Gasteiger partial charge in [-0.25, -0.2) is 4.79 Å². The van der Waals surface area contributed by atoms with E-state index in [1.165, 1.54) is 40.6 Å². The predicted octanol–water partition coefficient (Wildman–Crippen LogP) is 0.869. The maximum atomic E-state index is 11.3. The minimum absolute atomic E-state index is 0.00282. The number of esters is 1. The van der Waals surface area contributed by atoms with Crippen LogP contribution in [0, 0.1) is 0 Å². The molecule has 0 saturated heterocycles. The van der Waals surface area contributed by atoms with E-state index in [1.807, 2.05) is 0 Å². The average molecular weight is 334 g/mol. The molecular weight excluding hydrogens is 308 g/mol. The molecule has 3 atom stereocenters. The van der Waals surface area contributed by atoms with Crippen LogP contribution in [0.1, 0.15) is 0 Å². The SMILES string of the molecule is C=C[C@H](OCOC)[C@@H](OCOC)[C@@H](/C=C/C(=O)OC)OCOC. The second kappa shape index (κ2) is 14.3. The summed E-state index contributed by atoms with van der Waals surface area (Å²) in [5, 5.41) is 0. The summed E-state index contributed by atoms with van der Waals surface area (Å²) in [7, 11) is 5.76.